The van der Waals surface area contributed by atoms with Crippen LogP contribution in [0.5, 0.6) is 0 Å². The van der Waals surface area contributed by atoms with E-state index >= 15 is 0 Å². The topological polar surface area (TPSA) is 58.6 Å². The van der Waals surface area contributed by atoms with E-state index in [1.54, 1.807) is 7.11 Å². The summed E-state index contributed by atoms with van der Waals surface area (Å²) in [4.78, 5) is 2.17. The van der Waals surface area contributed by atoms with Gasteiger partial charge in [0, 0.05) is 39.0 Å². The van der Waals surface area contributed by atoms with Crippen molar-refractivity contribution >= 4 is 15.5 Å². The minimum Gasteiger partial charge on any atom is -0.383 e. The Balaban J connectivity index is 2.08. The van der Waals surface area contributed by atoms with Crippen LogP contribution in [0, 0.1) is 6.92 Å². The van der Waals surface area contributed by atoms with Crippen molar-refractivity contribution in [3.63, 3.8) is 0 Å². The van der Waals surface area contributed by atoms with Gasteiger partial charge in [-0.3, -0.25) is 0 Å². The molecule has 1 aliphatic rings. The molecule has 1 fully saturated rings. The van der Waals surface area contributed by atoms with Gasteiger partial charge in [-0.1, -0.05) is 17.7 Å². The molecular formula is C15H24N2O3S. The number of methoxy groups -OCH3 is 1. The van der Waals surface area contributed by atoms with Crippen LogP contribution in [0.2, 0.25) is 0 Å². The number of hydrogen-bond donors (Lipinski definition) is 1. The highest BCUT2D eigenvalue weighted by molar-refractivity contribution is 7.91. The van der Waals surface area contributed by atoms with E-state index in [0.717, 1.165) is 18.8 Å². The Kier molecular flexibility index (Phi) is 5.61. The van der Waals surface area contributed by atoms with E-state index in [2.05, 4.69) is 35.3 Å². The van der Waals surface area contributed by atoms with Gasteiger partial charge in [0.25, 0.3) is 0 Å². The number of nitrogens with one attached hydrogen (secondary N) is 1. The van der Waals surface area contributed by atoms with Crippen molar-refractivity contribution < 1.29 is 13.2 Å². The molecule has 0 aromatic heterocycles. The minimum absolute atomic E-state index is 0.247. The Morgan fingerprint density at radius 2 is 2.00 bits per heavy atom. The number of aryl methyl sites for hydroxylation is 1. The fourth-order valence-electron chi connectivity index (χ4n) is 2.51. The summed E-state index contributed by atoms with van der Waals surface area (Å²) in [5, 5.41) is 3.36. The molecule has 1 heterocycles. The van der Waals surface area contributed by atoms with Gasteiger partial charge in [-0.25, -0.2) is 8.42 Å². The maximum absolute atomic E-state index is 11.6. The van der Waals surface area contributed by atoms with Crippen LogP contribution in [0.3, 0.4) is 0 Å². The number of nitrogens with zero attached hydrogens (tertiary/aromatic N) is 1. The Morgan fingerprint density at radius 1 is 1.29 bits per heavy atom. The van der Waals surface area contributed by atoms with Crippen LogP contribution in [-0.4, -0.2) is 53.3 Å². The monoisotopic (exact) mass is 312 g/mol. The van der Waals surface area contributed by atoms with Gasteiger partial charge in [0.2, 0.25) is 0 Å². The molecule has 1 N–H and O–H groups in total. The number of benzene rings is 1. The third-order valence-corrected chi connectivity index (χ3v) is 5.33. The SMILES string of the molecule is COCCNCc1cc(C)ccc1N1CCS(=O)(=O)CC1. The molecule has 2 rings (SSSR count). The average molecular weight is 312 g/mol. The molecule has 1 aromatic carbocycles. The zero-order valence-corrected chi connectivity index (χ0v) is 13.6. The molecule has 1 saturated heterocycles. The fourth-order valence-corrected chi connectivity index (χ4v) is 3.72. The zero-order valence-electron chi connectivity index (χ0n) is 12.8. The van der Waals surface area contributed by atoms with Crippen LogP contribution in [0.15, 0.2) is 18.2 Å². The largest absolute Gasteiger partial charge is 0.383 e. The van der Waals surface area contributed by atoms with Gasteiger partial charge in [-0.2, -0.15) is 0 Å². The second-order valence-corrected chi connectivity index (χ2v) is 7.74. The lowest BCUT2D eigenvalue weighted by Gasteiger charge is -2.30. The van der Waals surface area contributed by atoms with Gasteiger partial charge in [0.05, 0.1) is 18.1 Å². The lowest BCUT2D eigenvalue weighted by Crippen LogP contribution is -2.41. The quantitative estimate of drug-likeness (QED) is 0.793. The summed E-state index contributed by atoms with van der Waals surface area (Å²) in [7, 11) is -1.15. The van der Waals surface area contributed by atoms with Crippen LogP contribution in [0.4, 0.5) is 5.69 Å². The predicted octanol–water partition coefficient (Wildman–Crippen LogP) is 0.966. The highest BCUT2D eigenvalue weighted by Gasteiger charge is 2.23. The molecule has 0 amide bonds. The van der Waals surface area contributed by atoms with E-state index in [1.807, 2.05) is 0 Å². The van der Waals surface area contributed by atoms with Crippen LogP contribution in [0.25, 0.3) is 0 Å². The van der Waals surface area contributed by atoms with Gasteiger partial charge >= 0.3 is 0 Å². The van der Waals surface area contributed by atoms with Crippen LogP contribution < -0.4 is 10.2 Å². The molecular weight excluding hydrogens is 288 g/mol. The number of anilines is 1. The molecule has 0 spiro atoms. The standard InChI is InChI=1S/C15H24N2O3S/c1-13-3-4-15(14(11-13)12-16-5-8-20-2)17-6-9-21(18,19)10-7-17/h3-4,11,16H,5-10,12H2,1-2H3. The molecule has 1 aromatic rings. The highest BCUT2D eigenvalue weighted by atomic mass is 32.2. The second-order valence-electron chi connectivity index (χ2n) is 5.44. The molecule has 6 heteroatoms. The minimum atomic E-state index is -2.84. The summed E-state index contributed by atoms with van der Waals surface area (Å²) in [6.07, 6.45) is 0. The Hall–Kier alpha value is -1.11. The molecule has 0 bridgehead atoms. The van der Waals surface area contributed by atoms with Crippen LogP contribution in [0.1, 0.15) is 11.1 Å². The van der Waals surface area contributed by atoms with Crippen molar-refractivity contribution in [1.29, 1.82) is 0 Å². The summed E-state index contributed by atoms with van der Waals surface area (Å²) < 4.78 is 28.1. The van der Waals surface area contributed by atoms with Crippen molar-refractivity contribution in [2.75, 3.05) is 49.8 Å². The van der Waals surface area contributed by atoms with Gasteiger partial charge in [0.15, 0.2) is 9.84 Å². The molecule has 0 saturated carbocycles. The van der Waals surface area contributed by atoms with Crippen LogP contribution >= 0.6 is 0 Å². The third kappa shape index (κ3) is 4.69. The fraction of sp³-hybridized carbons (Fsp3) is 0.600. The first kappa shape index (κ1) is 16.3. The smallest absolute Gasteiger partial charge is 0.153 e. The summed E-state index contributed by atoms with van der Waals surface area (Å²) >= 11 is 0. The van der Waals surface area contributed by atoms with Crippen LogP contribution in [-0.2, 0) is 21.1 Å². The molecule has 0 radical (unpaired) electrons. The molecule has 118 valence electrons. The lowest BCUT2D eigenvalue weighted by molar-refractivity contribution is 0.199. The summed E-state index contributed by atoms with van der Waals surface area (Å²) in [6.45, 7) is 5.49. The first-order valence-electron chi connectivity index (χ1n) is 7.26. The van der Waals surface area contributed by atoms with E-state index in [0.29, 0.717) is 19.7 Å². The zero-order chi connectivity index (χ0) is 15.3. The van der Waals surface area contributed by atoms with Gasteiger partial charge in [-0.05, 0) is 18.6 Å². The third-order valence-electron chi connectivity index (χ3n) is 3.72. The van der Waals surface area contributed by atoms with Gasteiger partial charge in [0.1, 0.15) is 0 Å². The number of sulfone groups is 1. The highest BCUT2D eigenvalue weighted by Crippen LogP contribution is 2.23. The summed E-state index contributed by atoms with van der Waals surface area (Å²) in [6, 6.07) is 6.34. The van der Waals surface area contributed by atoms with Crippen molar-refractivity contribution in [2.45, 2.75) is 13.5 Å². The summed E-state index contributed by atoms with van der Waals surface area (Å²) in [5.41, 5.74) is 3.57. The maximum atomic E-state index is 11.6. The number of rotatable bonds is 6. The average Bonchev–Trinajstić information content (AvgIpc) is 2.44. The molecule has 5 nitrogen and oxygen atoms in total. The lowest BCUT2D eigenvalue weighted by atomic mass is 10.1. The summed E-state index contributed by atoms with van der Waals surface area (Å²) in [5.74, 6) is 0.495. The molecule has 0 atom stereocenters. The number of hydrogen-bond acceptors (Lipinski definition) is 5. The van der Waals surface area contributed by atoms with E-state index in [-0.39, 0.29) is 11.5 Å². The maximum Gasteiger partial charge on any atom is 0.153 e. The Bertz CT molecular complexity index is 558. The predicted molar refractivity (Wildman–Crippen MR) is 85.6 cm³/mol. The van der Waals surface area contributed by atoms with E-state index in [1.165, 1.54) is 11.1 Å². The first-order chi connectivity index (χ1) is 10.0. The number of ether oxygens (including phenoxy) is 1. The Morgan fingerprint density at radius 3 is 2.67 bits per heavy atom. The molecule has 1 aliphatic heterocycles. The second kappa shape index (κ2) is 7.24. The van der Waals surface area contributed by atoms with E-state index < -0.39 is 9.84 Å². The first-order valence-corrected chi connectivity index (χ1v) is 9.08. The van der Waals surface area contributed by atoms with Crippen molar-refractivity contribution in [3.05, 3.63) is 29.3 Å². The van der Waals surface area contributed by atoms with Crippen molar-refractivity contribution in [1.82, 2.24) is 5.32 Å². The Labute approximate surface area is 127 Å². The van der Waals surface area contributed by atoms with Gasteiger partial charge < -0.3 is 15.0 Å². The molecule has 0 unspecified atom stereocenters. The van der Waals surface area contributed by atoms with Crippen molar-refractivity contribution in [2.24, 2.45) is 0 Å². The van der Waals surface area contributed by atoms with Gasteiger partial charge in [-0.15, -0.1) is 0 Å². The van der Waals surface area contributed by atoms with E-state index in [9.17, 15) is 8.42 Å². The molecule has 21 heavy (non-hydrogen) atoms. The van der Waals surface area contributed by atoms with Crippen molar-refractivity contribution in [3.8, 4) is 0 Å². The molecule has 0 aliphatic carbocycles. The normalized spacial score (nSPS) is 17.9. The van der Waals surface area contributed by atoms with E-state index in [4.69, 9.17) is 4.74 Å².